The third-order valence-electron chi connectivity index (χ3n) is 6.36. The Morgan fingerprint density at radius 1 is 0.833 bits per heavy atom. The van der Waals surface area contributed by atoms with Crippen molar-refractivity contribution in [3.8, 4) is 12.1 Å². The molecule has 6 rings (SSSR count). The number of aromatic nitrogens is 4. The Kier molecular flexibility index (Phi) is 4.89. The molecule has 0 amide bonds. The van der Waals surface area contributed by atoms with E-state index in [1.807, 2.05) is 56.3 Å². The van der Waals surface area contributed by atoms with Crippen LogP contribution in [0.5, 0.6) is 0 Å². The number of nitriles is 2. The maximum atomic E-state index is 10.2. The van der Waals surface area contributed by atoms with Crippen LogP contribution in [-0.2, 0) is 0 Å². The van der Waals surface area contributed by atoms with Crippen molar-refractivity contribution in [1.82, 2.24) is 18.9 Å². The number of nitrogens with zero attached hydrogens (tertiary/aromatic N) is 6. The Hall–Kier alpha value is -4.53. The van der Waals surface area contributed by atoms with Gasteiger partial charge in [-0.1, -0.05) is 24.3 Å². The van der Waals surface area contributed by atoms with E-state index in [1.54, 1.807) is 6.07 Å². The second kappa shape index (κ2) is 8.01. The van der Waals surface area contributed by atoms with Crippen LogP contribution in [0.3, 0.4) is 0 Å². The molecule has 2 aromatic carbocycles. The number of hydrogen-bond donors (Lipinski definition) is 0. The molecule has 0 aliphatic heterocycles. The third kappa shape index (κ3) is 2.98. The van der Waals surface area contributed by atoms with E-state index in [4.69, 9.17) is 20.4 Å². The van der Waals surface area contributed by atoms with Gasteiger partial charge in [0.25, 0.3) is 0 Å². The standard InChI is InChI=1S/C26H14B2N6OS/c1-13-21-22(24(34(13)28)16(12-30)26-32-18-8-4-6-10-20(18)36-26)14(2)33(27)23(21)15(11-29)25-31-17-7-3-5-9-19(17)35-25/h3-10H,1-2H3/b23-15-,24-16-. The molecule has 0 aliphatic carbocycles. The summed E-state index contributed by atoms with van der Waals surface area (Å²) in [5.41, 5.74) is 3.78. The molecule has 0 bridgehead atoms. The summed E-state index contributed by atoms with van der Waals surface area (Å²) in [4.78, 5) is 9.17. The zero-order chi connectivity index (χ0) is 25.1. The Balaban J connectivity index is 1.78. The van der Waals surface area contributed by atoms with Crippen LogP contribution in [-0.4, -0.2) is 34.9 Å². The van der Waals surface area contributed by atoms with Gasteiger partial charge in [0.2, 0.25) is 21.9 Å². The molecule has 4 heterocycles. The van der Waals surface area contributed by atoms with Crippen molar-refractivity contribution < 1.29 is 4.42 Å². The van der Waals surface area contributed by atoms with Crippen LogP contribution in [0.2, 0.25) is 0 Å². The van der Waals surface area contributed by atoms with E-state index in [1.165, 1.54) is 20.3 Å². The summed E-state index contributed by atoms with van der Waals surface area (Å²) in [6.07, 6.45) is 0. The molecule has 0 fully saturated rings. The van der Waals surface area contributed by atoms with E-state index in [0.717, 1.165) is 10.2 Å². The smallest absolute Gasteiger partial charge is 0.240 e. The lowest BCUT2D eigenvalue weighted by Gasteiger charge is -2.04. The van der Waals surface area contributed by atoms with Crippen LogP contribution in [0, 0.1) is 36.5 Å². The van der Waals surface area contributed by atoms with Crippen LogP contribution < -0.4 is 10.7 Å². The lowest BCUT2D eigenvalue weighted by molar-refractivity contribution is 0.585. The monoisotopic (exact) mass is 480 g/mol. The molecule has 4 radical (unpaired) electrons. The van der Waals surface area contributed by atoms with Gasteiger partial charge in [0.05, 0.1) is 20.9 Å². The summed E-state index contributed by atoms with van der Waals surface area (Å²) < 4.78 is 9.76. The summed E-state index contributed by atoms with van der Waals surface area (Å²) in [5.74, 6) is 0.159. The molecular formula is C26H14B2N6OS. The van der Waals surface area contributed by atoms with Crippen molar-refractivity contribution >= 4 is 70.5 Å². The van der Waals surface area contributed by atoms with Gasteiger partial charge >= 0.3 is 0 Å². The van der Waals surface area contributed by atoms with E-state index < -0.39 is 0 Å². The fourth-order valence-corrected chi connectivity index (χ4v) is 5.57. The summed E-state index contributed by atoms with van der Waals surface area (Å²) >= 11 is 1.42. The average molecular weight is 480 g/mol. The predicted octanol–water partition coefficient (Wildman–Crippen LogP) is 3.12. The molecule has 0 saturated carbocycles. The minimum atomic E-state index is 0.159. The number of rotatable bonds is 2. The molecule has 0 N–H and O–H groups in total. The Morgan fingerprint density at radius 2 is 1.42 bits per heavy atom. The fourth-order valence-electron chi connectivity index (χ4n) is 4.61. The van der Waals surface area contributed by atoms with Gasteiger partial charge in [-0.25, -0.2) is 9.97 Å². The van der Waals surface area contributed by atoms with Crippen LogP contribution in [0.1, 0.15) is 22.3 Å². The maximum absolute atomic E-state index is 10.2. The van der Waals surface area contributed by atoms with Crippen LogP contribution in [0.25, 0.3) is 43.2 Å². The van der Waals surface area contributed by atoms with Crippen LogP contribution >= 0.6 is 11.3 Å². The Bertz CT molecular complexity index is 1860. The lowest BCUT2D eigenvalue weighted by Crippen LogP contribution is -2.23. The minimum absolute atomic E-state index is 0.159. The number of oxazole rings is 1. The number of benzene rings is 2. The van der Waals surface area contributed by atoms with Gasteiger partial charge in [0.1, 0.15) is 33.8 Å². The molecule has 36 heavy (non-hydrogen) atoms. The van der Waals surface area contributed by atoms with Gasteiger partial charge in [0.15, 0.2) is 5.58 Å². The van der Waals surface area contributed by atoms with Crippen molar-refractivity contribution in [3.05, 3.63) is 81.5 Å². The topological polar surface area (TPSA) is 96.4 Å². The van der Waals surface area contributed by atoms with Crippen LogP contribution in [0.4, 0.5) is 0 Å². The first-order chi connectivity index (χ1) is 17.4. The SMILES string of the molecule is [B]n1c(C)c2/c(=C(\C#N)c3nc4ccccc4s3)n([B])c(C)c2/c1=C(\C#N)c1nc2ccccc2o1. The molecule has 7 nitrogen and oxygen atoms in total. The van der Waals surface area contributed by atoms with E-state index >= 15 is 0 Å². The molecule has 0 unspecified atom stereocenters. The second-order valence-corrected chi connectivity index (χ2v) is 9.34. The van der Waals surface area contributed by atoms with Gasteiger partial charge in [-0.2, -0.15) is 10.5 Å². The van der Waals surface area contributed by atoms with Gasteiger partial charge in [0, 0.05) is 22.2 Å². The molecular weight excluding hydrogens is 466 g/mol. The Labute approximate surface area is 211 Å². The molecule has 4 aromatic heterocycles. The van der Waals surface area contributed by atoms with Crippen molar-refractivity contribution in [2.45, 2.75) is 13.8 Å². The van der Waals surface area contributed by atoms with Gasteiger partial charge < -0.3 is 13.4 Å². The first-order valence-corrected chi connectivity index (χ1v) is 11.8. The minimum Gasteiger partial charge on any atom is -0.435 e. The van der Waals surface area contributed by atoms with E-state index in [0.29, 0.717) is 54.5 Å². The zero-order valence-corrected chi connectivity index (χ0v) is 20.1. The van der Waals surface area contributed by atoms with Gasteiger partial charge in [-0.15, -0.1) is 11.3 Å². The molecule has 10 heteroatoms. The first kappa shape index (κ1) is 22.0. The molecule has 0 atom stereocenters. The summed E-state index contributed by atoms with van der Waals surface area (Å²) in [6.45, 7) is 3.65. The molecule has 0 aliphatic rings. The molecule has 166 valence electrons. The first-order valence-electron chi connectivity index (χ1n) is 11.0. The molecule has 6 aromatic rings. The summed E-state index contributed by atoms with van der Waals surface area (Å²) in [6, 6.07) is 19.5. The van der Waals surface area contributed by atoms with Crippen molar-refractivity contribution in [1.29, 1.82) is 10.5 Å². The third-order valence-corrected chi connectivity index (χ3v) is 7.42. The highest BCUT2D eigenvalue weighted by molar-refractivity contribution is 7.19. The van der Waals surface area contributed by atoms with Gasteiger partial charge in [-0.05, 0) is 38.1 Å². The van der Waals surface area contributed by atoms with E-state index in [2.05, 4.69) is 22.1 Å². The Morgan fingerprint density at radius 3 is 2.03 bits per heavy atom. The fraction of sp³-hybridized carbons (Fsp3) is 0.0769. The van der Waals surface area contributed by atoms with Crippen LogP contribution in [0.15, 0.2) is 52.9 Å². The van der Waals surface area contributed by atoms with Crippen molar-refractivity contribution in [2.24, 2.45) is 0 Å². The molecule has 0 spiro atoms. The highest BCUT2D eigenvalue weighted by Crippen LogP contribution is 2.28. The zero-order valence-electron chi connectivity index (χ0n) is 19.3. The van der Waals surface area contributed by atoms with Crippen molar-refractivity contribution in [2.75, 3.05) is 0 Å². The summed E-state index contributed by atoms with van der Waals surface area (Å²) in [7, 11) is 13.1. The highest BCUT2D eigenvalue weighted by atomic mass is 32.1. The largest absolute Gasteiger partial charge is 0.435 e. The maximum Gasteiger partial charge on any atom is 0.240 e. The number of para-hydroxylation sites is 3. The second-order valence-electron chi connectivity index (χ2n) is 8.31. The van der Waals surface area contributed by atoms with E-state index in [-0.39, 0.29) is 11.5 Å². The average Bonchev–Trinajstić information content (AvgIpc) is 3.62. The lowest BCUT2D eigenvalue weighted by atomic mass is 10.1. The molecule has 0 saturated heterocycles. The summed E-state index contributed by atoms with van der Waals surface area (Å²) in [5, 5.41) is 23.2. The van der Waals surface area contributed by atoms with E-state index in [9.17, 15) is 10.5 Å². The number of hydrogen-bond acceptors (Lipinski definition) is 6. The van der Waals surface area contributed by atoms with Crippen molar-refractivity contribution in [3.63, 3.8) is 0 Å². The predicted molar refractivity (Wildman–Crippen MR) is 141 cm³/mol. The number of thiazole rings is 1. The highest BCUT2D eigenvalue weighted by Gasteiger charge is 2.23. The number of aryl methyl sites for hydroxylation is 2. The number of fused-ring (bicyclic) bond motifs is 3. The van der Waals surface area contributed by atoms with Gasteiger partial charge in [-0.3, -0.25) is 0 Å². The quantitative estimate of drug-likeness (QED) is 0.355. The normalized spacial score (nSPS) is 13.2.